The summed E-state index contributed by atoms with van der Waals surface area (Å²) in [6, 6.07) is 5.57. The molecule has 1 aliphatic heterocycles. The molecule has 92 valence electrons. The van der Waals surface area contributed by atoms with Gasteiger partial charge >= 0.3 is 0 Å². The van der Waals surface area contributed by atoms with Crippen LogP contribution in [0.3, 0.4) is 0 Å². The number of anilines is 1. The Balaban J connectivity index is 2.20. The standard InChI is InChI=1S/C14H20N2O/c1-11-12(7-6-8-13(11)15)14(17)16-9-4-2-3-5-10-16/h6-8H,2-5,9-10,15H2,1H3. The first-order valence-corrected chi connectivity index (χ1v) is 6.34. The van der Waals surface area contributed by atoms with Crippen LogP contribution in [0.15, 0.2) is 18.2 Å². The van der Waals surface area contributed by atoms with Crippen molar-refractivity contribution in [3.05, 3.63) is 29.3 Å². The van der Waals surface area contributed by atoms with Crippen LogP contribution in [-0.4, -0.2) is 23.9 Å². The van der Waals surface area contributed by atoms with E-state index in [0.717, 1.165) is 37.1 Å². The van der Waals surface area contributed by atoms with E-state index >= 15 is 0 Å². The molecule has 17 heavy (non-hydrogen) atoms. The fourth-order valence-corrected chi connectivity index (χ4v) is 2.33. The molecule has 0 bridgehead atoms. The Hall–Kier alpha value is -1.51. The SMILES string of the molecule is Cc1c(N)cccc1C(=O)N1CCCCCC1. The van der Waals surface area contributed by atoms with Gasteiger partial charge in [-0.15, -0.1) is 0 Å². The van der Waals surface area contributed by atoms with E-state index in [1.165, 1.54) is 12.8 Å². The molecule has 1 fully saturated rings. The summed E-state index contributed by atoms with van der Waals surface area (Å²) in [7, 11) is 0. The van der Waals surface area contributed by atoms with E-state index in [2.05, 4.69) is 0 Å². The third kappa shape index (κ3) is 2.60. The summed E-state index contributed by atoms with van der Waals surface area (Å²) in [5.74, 6) is 0.136. The van der Waals surface area contributed by atoms with E-state index in [1.54, 1.807) is 0 Å². The Morgan fingerprint density at radius 3 is 2.47 bits per heavy atom. The van der Waals surface area contributed by atoms with Crippen molar-refractivity contribution in [2.75, 3.05) is 18.8 Å². The minimum atomic E-state index is 0.136. The van der Waals surface area contributed by atoms with Crippen LogP contribution in [0.1, 0.15) is 41.6 Å². The van der Waals surface area contributed by atoms with Gasteiger partial charge in [0.25, 0.3) is 5.91 Å². The van der Waals surface area contributed by atoms with Gasteiger partial charge in [-0.05, 0) is 37.5 Å². The topological polar surface area (TPSA) is 46.3 Å². The van der Waals surface area contributed by atoms with Crippen LogP contribution in [0.25, 0.3) is 0 Å². The van der Waals surface area contributed by atoms with Gasteiger partial charge in [0.15, 0.2) is 0 Å². The monoisotopic (exact) mass is 232 g/mol. The highest BCUT2D eigenvalue weighted by atomic mass is 16.2. The number of nitrogens with zero attached hydrogens (tertiary/aromatic N) is 1. The summed E-state index contributed by atoms with van der Waals surface area (Å²) >= 11 is 0. The van der Waals surface area contributed by atoms with Crippen LogP contribution in [-0.2, 0) is 0 Å². The maximum Gasteiger partial charge on any atom is 0.254 e. The van der Waals surface area contributed by atoms with Crippen molar-refractivity contribution in [3.63, 3.8) is 0 Å². The molecule has 1 aromatic carbocycles. The van der Waals surface area contributed by atoms with Crippen LogP contribution >= 0.6 is 0 Å². The molecule has 3 heteroatoms. The van der Waals surface area contributed by atoms with Crippen LogP contribution in [0, 0.1) is 6.92 Å². The lowest BCUT2D eigenvalue weighted by Gasteiger charge is -2.21. The van der Waals surface area contributed by atoms with E-state index in [4.69, 9.17) is 5.73 Å². The van der Waals surface area contributed by atoms with Crippen molar-refractivity contribution in [1.82, 2.24) is 4.90 Å². The van der Waals surface area contributed by atoms with Gasteiger partial charge in [0.2, 0.25) is 0 Å². The molecule has 3 nitrogen and oxygen atoms in total. The van der Waals surface area contributed by atoms with Crippen molar-refractivity contribution in [2.24, 2.45) is 0 Å². The average molecular weight is 232 g/mol. The van der Waals surface area contributed by atoms with Crippen molar-refractivity contribution < 1.29 is 4.79 Å². The third-order valence-corrected chi connectivity index (χ3v) is 3.50. The van der Waals surface area contributed by atoms with Crippen molar-refractivity contribution in [1.29, 1.82) is 0 Å². The number of nitrogen functional groups attached to an aromatic ring is 1. The van der Waals surface area contributed by atoms with E-state index in [0.29, 0.717) is 5.69 Å². The molecule has 2 rings (SSSR count). The predicted octanol–water partition coefficient (Wildman–Crippen LogP) is 2.59. The molecule has 2 N–H and O–H groups in total. The molecule has 0 saturated carbocycles. The van der Waals surface area contributed by atoms with Crippen LogP contribution in [0.2, 0.25) is 0 Å². The first-order chi connectivity index (χ1) is 8.20. The van der Waals surface area contributed by atoms with Gasteiger partial charge < -0.3 is 10.6 Å². The molecule has 0 aliphatic carbocycles. The highest BCUT2D eigenvalue weighted by Crippen LogP contribution is 2.19. The first kappa shape index (κ1) is 12.0. The second-order valence-electron chi connectivity index (χ2n) is 4.73. The molecule has 0 unspecified atom stereocenters. The average Bonchev–Trinajstić information content (AvgIpc) is 2.60. The highest BCUT2D eigenvalue weighted by molar-refractivity contribution is 5.96. The minimum absolute atomic E-state index is 0.136. The molecular weight excluding hydrogens is 212 g/mol. The quantitative estimate of drug-likeness (QED) is 0.756. The predicted molar refractivity (Wildman–Crippen MR) is 70.0 cm³/mol. The molecule has 0 radical (unpaired) electrons. The number of nitrogens with two attached hydrogens (primary N) is 1. The Morgan fingerprint density at radius 1 is 1.18 bits per heavy atom. The molecule has 1 saturated heterocycles. The lowest BCUT2D eigenvalue weighted by atomic mass is 10.1. The highest BCUT2D eigenvalue weighted by Gasteiger charge is 2.19. The lowest BCUT2D eigenvalue weighted by Crippen LogP contribution is -2.32. The van der Waals surface area contributed by atoms with Crippen LogP contribution in [0.5, 0.6) is 0 Å². The van der Waals surface area contributed by atoms with Crippen molar-refractivity contribution in [3.8, 4) is 0 Å². The number of rotatable bonds is 1. The summed E-state index contributed by atoms with van der Waals surface area (Å²) in [5, 5.41) is 0. The summed E-state index contributed by atoms with van der Waals surface area (Å²) in [4.78, 5) is 14.4. The molecule has 1 aliphatic rings. The number of benzene rings is 1. The number of amides is 1. The van der Waals surface area contributed by atoms with Gasteiger partial charge in [0, 0.05) is 24.3 Å². The van der Waals surface area contributed by atoms with Gasteiger partial charge in [-0.25, -0.2) is 0 Å². The van der Waals surface area contributed by atoms with Crippen LogP contribution in [0.4, 0.5) is 5.69 Å². The number of hydrogen-bond acceptors (Lipinski definition) is 2. The second kappa shape index (κ2) is 5.21. The van der Waals surface area contributed by atoms with Gasteiger partial charge in [0.1, 0.15) is 0 Å². The zero-order valence-corrected chi connectivity index (χ0v) is 10.4. The molecule has 0 aromatic heterocycles. The number of hydrogen-bond donors (Lipinski definition) is 1. The Bertz CT molecular complexity index is 407. The zero-order chi connectivity index (χ0) is 12.3. The van der Waals surface area contributed by atoms with E-state index in [9.17, 15) is 4.79 Å². The number of likely N-dealkylation sites (tertiary alicyclic amines) is 1. The number of carbonyl (C=O) groups is 1. The maximum absolute atomic E-state index is 12.4. The van der Waals surface area contributed by atoms with Gasteiger partial charge in [-0.1, -0.05) is 18.9 Å². The Morgan fingerprint density at radius 2 is 1.82 bits per heavy atom. The summed E-state index contributed by atoms with van der Waals surface area (Å²) in [6.07, 6.45) is 4.71. The maximum atomic E-state index is 12.4. The first-order valence-electron chi connectivity index (χ1n) is 6.34. The van der Waals surface area contributed by atoms with E-state index < -0.39 is 0 Å². The van der Waals surface area contributed by atoms with Gasteiger partial charge in [-0.3, -0.25) is 4.79 Å². The molecule has 0 spiro atoms. The molecule has 0 atom stereocenters. The smallest absolute Gasteiger partial charge is 0.254 e. The fraction of sp³-hybridized carbons (Fsp3) is 0.500. The van der Waals surface area contributed by atoms with E-state index in [1.807, 2.05) is 30.0 Å². The molecule has 1 aromatic rings. The molecular formula is C14H20N2O. The normalized spacial score (nSPS) is 16.6. The zero-order valence-electron chi connectivity index (χ0n) is 10.4. The Kier molecular flexibility index (Phi) is 3.67. The van der Waals surface area contributed by atoms with Crippen molar-refractivity contribution >= 4 is 11.6 Å². The number of carbonyl (C=O) groups excluding carboxylic acids is 1. The van der Waals surface area contributed by atoms with Gasteiger partial charge in [0.05, 0.1) is 0 Å². The molecule has 1 heterocycles. The third-order valence-electron chi connectivity index (χ3n) is 3.50. The van der Waals surface area contributed by atoms with Crippen LogP contribution < -0.4 is 5.73 Å². The molecule has 1 amide bonds. The lowest BCUT2D eigenvalue weighted by molar-refractivity contribution is 0.0761. The second-order valence-corrected chi connectivity index (χ2v) is 4.73. The summed E-state index contributed by atoms with van der Waals surface area (Å²) < 4.78 is 0. The minimum Gasteiger partial charge on any atom is -0.398 e. The van der Waals surface area contributed by atoms with Crippen molar-refractivity contribution in [2.45, 2.75) is 32.6 Å². The summed E-state index contributed by atoms with van der Waals surface area (Å²) in [6.45, 7) is 3.68. The van der Waals surface area contributed by atoms with E-state index in [-0.39, 0.29) is 5.91 Å². The van der Waals surface area contributed by atoms with Gasteiger partial charge in [-0.2, -0.15) is 0 Å². The Labute approximate surface area is 103 Å². The largest absolute Gasteiger partial charge is 0.398 e. The fourth-order valence-electron chi connectivity index (χ4n) is 2.33. The summed E-state index contributed by atoms with van der Waals surface area (Å²) in [5.41, 5.74) is 8.21.